The Morgan fingerprint density at radius 3 is 2.66 bits per heavy atom. The molecule has 7 heteroatoms. The molecule has 4 N–H and O–H groups in total. The minimum atomic E-state index is -0.0948. The highest BCUT2D eigenvalue weighted by Crippen LogP contribution is 2.14. The Hall–Kier alpha value is -2.13. The lowest BCUT2D eigenvalue weighted by molar-refractivity contribution is 0.0857. The summed E-state index contributed by atoms with van der Waals surface area (Å²) < 4.78 is 5.54. The van der Waals surface area contributed by atoms with Gasteiger partial charge in [-0.25, -0.2) is 4.99 Å². The van der Waals surface area contributed by atoms with Gasteiger partial charge in [0, 0.05) is 24.4 Å². The largest absolute Gasteiger partial charge is 0.376 e. The maximum Gasteiger partial charge on any atom is 0.251 e. The predicted molar refractivity (Wildman–Crippen MR) is 128 cm³/mol. The molecule has 0 radical (unpaired) electrons. The van der Waals surface area contributed by atoms with Crippen LogP contribution >= 0.6 is 24.0 Å². The highest BCUT2D eigenvalue weighted by atomic mass is 127. The number of halogens is 1. The Kier molecular flexibility index (Phi) is 8.91. The molecule has 0 saturated carbocycles. The molecule has 1 heterocycles. The van der Waals surface area contributed by atoms with Crippen molar-refractivity contribution in [2.24, 2.45) is 10.7 Å². The fourth-order valence-electron chi connectivity index (χ4n) is 3.34. The van der Waals surface area contributed by atoms with Crippen molar-refractivity contribution in [1.82, 2.24) is 5.32 Å². The number of hydrogen-bond donors (Lipinski definition) is 3. The summed E-state index contributed by atoms with van der Waals surface area (Å²) in [6, 6.07) is 13.6. The van der Waals surface area contributed by atoms with Gasteiger partial charge in [0.15, 0.2) is 5.96 Å². The average Bonchev–Trinajstić information content (AvgIpc) is 3.17. The zero-order chi connectivity index (χ0) is 19.9. The van der Waals surface area contributed by atoms with E-state index in [4.69, 9.17) is 10.5 Å². The number of aliphatic imine (C=N–C) groups is 1. The molecule has 2 aromatic rings. The van der Waals surface area contributed by atoms with Crippen LogP contribution in [0.1, 0.15) is 39.9 Å². The number of nitrogens with one attached hydrogen (secondary N) is 2. The first-order valence-corrected chi connectivity index (χ1v) is 9.63. The van der Waals surface area contributed by atoms with Gasteiger partial charge in [0.1, 0.15) is 0 Å². The molecule has 2 aromatic carbocycles. The zero-order valence-electron chi connectivity index (χ0n) is 16.9. The van der Waals surface area contributed by atoms with Gasteiger partial charge in [-0.2, -0.15) is 0 Å². The highest BCUT2D eigenvalue weighted by Gasteiger charge is 2.16. The number of benzene rings is 2. The van der Waals surface area contributed by atoms with Gasteiger partial charge in [0.05, 0.1) is 12.6 Å². The molecule has 156 valence electrons. The van der Waals surface area contributed by atoms with Gasteiger partial charge in [-0.05, 0) is 67.6 Å². The van der Waals surface area contributed by atoms with E-state index in [-0.39, 0.29) is 36.0 Å². The highest BCUT2D eigenvalue weighted by molar-refractivity contribution is 14.0. The van der Waals surface area contributed by atoms with E-state index >= 15 is 0 Å². The van der Waals surface area contributed by atoms with Crippen molar-refractivity contribution >= 4 is 41.5 Å². The van der Waals surface area contributed by atoms with Gasteiger partial charge >= 0.3 is 0 Å². The van der Waals surface area contributed by atoms with Crippen LogP contribution in [0.2, 0.25) is 0 Å². The molecule has 0 aromatic heterocycles. The molecule has 1 aliphatic heterocycles. The third-order valence-electron chi connectivity index (χ3n) is 4.63. The lowest BCUT2D eigenvalue weighted by atomic mass is 10.1. The second-order valence-electron chi connectivity index (χ2n) is 7.25. The predicted octanol–water partition coefficient (Wildman–Crippen LogP) is 3.76. The molecule has 1 saturated heterocycles. The second kappa shape index (κ2) is 11.2. The molecular weight excluding hydrogens is 479 g/mol. The molecule has 29 heavy (non-hydrogen) atoms. The second-order valence-corrected chi connectivity index (χ2v) is 7.25. The van der Waals surface area contributed by atoms with Crippen molar-refractivity contribution in [3.8, 4) is 0 Å². The fraction of sp³-hybridized carbons (Fsp3) is 0.364. The summed E-state index contributed by atoms with van der Waals surface area (Å²) in [5, 5.41) is 6.06. The summed E-state index contributed by atoms with van der Waals surface area (Å²) in [5.41, 5.74) is 10.8. The normalized spacial score (nSPS) is 16.2. The minimum Gasteiger partial charge on any atom is -0.376 e. The number of carbonyl (C=O) groups is 1. The minimum absolute atomic E-state index is 0. The number of nitrogens with two attached hydrogens (primary N) is 1. The van der Waals surface area contributed by atoms with Crippen molar-refractivity contribution in [2.45, 2.75) is 39.3 Å². The Balaban J connectivity index is 0.00000300. The third kappa shape index (κ3) is 7.32. The van der Waals surface area contributed by atoms with Crippen molar-refractivity contribution in [3.05, 3.63) is 64.7 Å². The average molecular weight is 508 g/mol. The van der Waals surface area contributed by atoms with Gasteiger partial charge in [-0.15, -0.1) is 24.0 Å². The van der Waals surface area contributed by atoms with Crippen LogP contribution in [0.25, 0.3) is 0 Å². The van der Waals surface area contributed by atoms with E-state index in [1.807, 2.05) is 44.2 Å². The quantitative estimate of drug-likeness (QED) is 0.315. The van der Waals surface area contributed by atoms with Gasteiger partial charge in [-0.1, -0.05) is 18.2 Å². The standard InChI is InChI=1S/C22H28N4O2.HI/c1-15-9-16(2)11-19(10-15)26-22(23)25-13-17-5-3-6-18(12-17)21(27)24-14-20-7-4-8-28-20;/h3,5-6,9-12,20H,4,7-8,13-14H2,1-2H3,(H,24,27)(H3,23,25,26);1H. The molecule has 1 aliphatic rings. The van der Waals surface area contributed by atoms with E-state index in [1.54, 1.807) is 6.07 Å². The lowest BCUT2D eigenvalue weighted by Crippen LogP contribution is -2.31. The topological polar surface area (TPSA) is 88.7 Å². The Labute approximate surface area is 189 Å². The van der Waals surface area contributed by atoms with Crippen LogP contribution in [0.4, 0.5) is 5.69 Å². The van der Waals surface area contributed by atoms with Gasteiger partial charge in [0.2, 0.25) is 0 Å². The molecule has 0 aliphatic carbocycles. The summed E-state index contributed by atoms with van der Waals surface area (Å²) in [6.45, 7) is 5.82. The van der Waals surface area contributed by atoms with E-state index < -0.39 is 0 Å². The number of amides is 1. The zero-order valence-corrected chi connectivity index (χ0v) is 19.2. The van der Waals surface area contributed by atoms with E-state index in [0.29, 0.717) is 24.6 Å². The van der Waals surface area contributed by atoms with E-state index in [1.165, 1.54) is 0 Å². The summed E-state index contributed by atoms with van der Waals surface area (Å²) in [4.78, 5) is 16.7. The molecule has 1 unspecified atom stereocenters. The van der Waals surface area contributed by atoms with E-state index in [0.717, 1.165) is 41.8 Å². The number of guanidine groups is 1. The molecule has 1 atom stereocenters. The van der Waals surface area contributed by atoms with Crippen LogP contribution in [0.5, 0.6) is 0 Å². The number of rotatable bonds is 6. The maximum absolute atomic E-state index is 12.4. The van der Waals surface area contributed by atoms with Crippen LogP contribution in [0, 0.1) is 13.8 Å². The molecule has 6 nitrogen and oxygen atoms in total. The number of hydrogen-bond acceptors (Lipinski definition) is 3. The summed E-state index contributed by atoms with van der Waals surface area (Å²) >= 11 is 0. The van der Waals surface area contributed by atoms with E-state index in [2.05, 4.69) is 21.7 Å². The smallest absolute Gasteiger partial charge is 0.251 e. The number of aryl methyl sites for hydroxylation is 2. The fourth-order valence-corrected chi connectivity index (χ4v) is 3.34. The SMILES string of the molecule is Cc1cc(C)cc(NC(N)=NCc2cccc(C(=O)NCC3CCCO3)c2)c1.I. The molecule has 1 amide bonds. The van der Waals surface area contributed by atoms with Crippen molar-refractivity contribution < 1.29 is 9.53 Å². The summed E-state index contributed by atoms with van der Waals surface area (Å²) in [6.07, 6.45) is 2.20. The Morgan fingerprint density at radius 1 is 1.21 bits per heavy atom. The first-order valence-electron chi connectivity index (χ1n) is 9.63. The number of carbonyl (C=O) groups excluding carboxylic acids is 1. The van der Waals surface area contributed by atoms with Crippen LogP contribution < -0.4 is 16.4 Å². The molecule has 0 bridgehead atoms. The number of nitrogens with zero attached hydrogens (tertiary/aromatic N) is 1. The molecule has 1 fully saturated rings. The maximum atomic E-state index is 12.4. The van der Waals surface area contributed by atoms with Gasteiger partial charge in [0.25, 0.3) is 5.91 Å². The summed E-state index contributed by atoms with van der Waals surface area (Å²) in [5.74, 6) is 0.251. The first-order chi connectivity index (χ1) is 13.5. The van der Waals surface area contributed by atoms with Crippen LogP contribution in [0.3, 0.4) is 0 Å². The van der Waals surface area contributed by atoms with Crippen LogP contribution in [-0.4, -0.2) is 31.1 Å². The first kappa shape index (κ1) is 23.2. The third-order valence-corrected chi connectivity index (χ3v) is 4.63. The summed E-state index contributed by atoms with van der Waals surface area (Å²) in [7, 11) is 0. The Bertz CT molecular complexity index is 843. The van der Waals surface area contributed by atoms with Gasteiger partial charge < -0.3 is 21.1 Å². The van der Waals surface area contributed by atoms with Crippen molar-refractivity contribution in [3.63, 3.8) is 0 Å². The van der Waals surface area contributed by atoms with Crippen LogP contribution in [0.15, 0.2) is 47.5 Å². The van der Waals surface area contributed by atoms with Gasteiger partial charge in [-0.3, -0.25) is 4.79 Å². The Morgan fingerprint density at radius 2 is 1.97 bits per heavy atom. The van der Waals surface area contributed by atoms with E-state index in [9.17, 15) is 4.79 Å². The van der Waals surface area contributed by atoms with Crippen molar-refractivity contribution in [1.29, 1.82) is 0 Å². The molecular formula is C22H29IN4O2. The molecule has 3 rings (SSSR count). The molecule has 0 spiro atoms. The van der Waals surface area contributed by atoms with Crippen LogP contribution in [-0.2, 0) is 11.3 Å². The monoisotopic (exact) mass is 508 g/mol. The number of anilines is 1. The lowest BCUT2D eigenvalue weighted by Gasteiger charge is -2.11. The number of ether oxygens (including phenoxy) is 1. The van der Waals surface area contributed by atoms with Crippen molar-refractivity contribution in [2.75, 3.05) is 18.5 Å².